The fraction of sp³-hybridized carbons (Fsp3) is 0.769. The van der Waals surface area contributed by atoms with Crippen LogP contribution in [0.15, 0.2) is 6.33 Å². The molecule has 2 heterocycles. The minimum Gasteiger partial charge on any atom is -0.380 e. The van der Waals surface area contributed by atoms with Crippen molar-refractivity contribution >= 4 is 5.91 Å². The third-order valence-corrected chi connectivity index (χ3v) is 3.55. The Morgan fingerprint density at radius 1 is 1.65 bits per heavy atom. The minimum atomic E-state index is -0.148. The highest BCUT2D eigenvalue weighted by Gasteiger charge is 2.28. The molecular formula is C13H23N5O2. The van der Waals surface area contributed by atoms with Crippen molar-refractivity contribution < 1.29 is 9.53 Å². The molecule has 7 heteroatoms. The third kappa shape index (κ3) is 3.55. The van der Waals surface area contributed by atoms with Gasteiger partial charge in [-0.05, 0) is 6.42 Å². The second-order valence-electron chi connectivity index (χ2n) is 5.38. The molecule has 0 aliphatic carbocycles. The molecule has 1 aromatic rings. The molecule has 0 bridgehead atoms. The van der Waals surface area contributed by atoms with Gasteiger partial charge in [0, 0.05) is 32.7 Å². The lowest BCUT2D eigenvalue weighted by Crippen LogP contribution is -2.41. The Bertz CT molecular complexity index is 446. The van der Waals surface area contributed by atoms with Gasteiger partial charge in [0.15, 0.2) is 0 Å². The van der Waals surface area contributed by atoms with E-state index in [1.807, 2.05) is 4.57 Å². The maximum absolute atomic E-state index is 12.0. The van der Waals surface area contributed by atoms with Crippen molar-refractivity contribution in [3.63, 3.8) is 0 Å². The van der Waals surface area contributed by atoms with Crippen LogP contribution in [-0.4, -0.2) is 53.0 Å². The van der Waals surface area contributed by atoms with Crippen LogP contribution in [0.3, 0.4) is 0 Å². The fourth-order valence-corrected chi connectivity index (χ4v) is 2.39. The molecule has 0 spiro atoms. The van der Waals surface area contributed by atoms with Gasteiger partial charge in [-0.25, -0.2) is 0 Å². The number of ether oxygens (including phenoxy) is 1. The number of carbonyl (C=O) groups is 1. The molecular weight excluding hydrogens is 258 g/mol. The van der Waals surface area contributed by atoms with E-state index in [4.69, 9.17) is 4.74 Å². The molecule has 0 radical (unpaired) electrons. The number of rotatable bonds is 6. The summed E-state index contributed by atoms with van der Waals surface area (Å²) in [5.74, 6) is 1.30. The first-order valence-corrected chi connectivity index (χ1v) is 7.03. The maximum Gasteiger partial charge on any atom is 0.237 e. The van der Waals surface area contributed by atoms with Gasteiger partial charge in [0.1, 0.15) is 12.2 Å². The van der Waals surface area contributed by atoms with Crippen LogP contribution in [0, 0.1) is 0 Å². The Hall–Kier alpha value is -1.47. The van der Waals surface area contributed by atoms with Crippen LogP contribution in [0.2, 0.25) is 0 Å². The summed E-state index contributed by atoms with van der Waals surface area (Å²) < 4.78 is 7.21. The van der Waals surface area contributed by atoms with E-state index in [9.17, 15) is 4.79 Å². The molecule has 1 amide bonds. The predicted octanol–water partition coefficient (Wildman–Crippen LogP) is -0.105. The number of methoxy groups -OCH3 is 1. The topological polar surface area (TPSA) is 81.1 Å². The molecule has 0 saturated carbocycles. The maximum atomic E-state index is 12.0. The fourth-order valence-electron chi connectivity index (χ4n) is 2.39. The Morgan fingerprint density at radius 3 is 3.10 bits per heavy atom. The van der Waals surface area contributed by atoms with Gasteiger partial charge in [0.05, 0.1) is 12.1 Å². The minimum absolute atomic E-state index is 0.0312. The Morgan fingerprint density at radius 2 is 2.45 bits per heavy atom. The number of hydrogen-bond acceptors (Lipinski definition) is 5. The molecule has 1 aliphatic heterocycles. The Kier molecular flexibility index (Phi) is 5.08. The largest absolute Gasteiger partial charge is 0.380 e. The predicted molar refractivity (Wildman–Crippen MR) is 74.3 cm³/mol. The number of nitrogens with one attached hydrogen (secondary N) is 2. The summed E-state index contributed by atoms with van der Waals surface area (Å²) in [6, 6.07) is -0.148. The van der Waals surface area contributed by atoms with Crippen LogP contribution in [0.4, 0.5) is 0 Å². The van der Waals surface area contributed by atoms with E-state index in [-0.39, 0.29) is 18.1 Å². The molecule has 1 saturated heterocycles. The third-order valence-electron chi connectivity index (χ3n) is 3.55. The molecule has 1 aromatic heterocycles. The van der Waals surface area contributed by atoms with Gasteiger partial charge < -0.3 is 19.9 Å². The quantitative estimate of drug-likeness (QED) is 0.761. The summed E-state index contributed by atoms with van der Waals surface area (Å²) in [7, 11) is 1.67. The number of nitrogens with zero attached hydrogens (tertiary/aromatic N) is 3. The van der Waals surface area contributed by atoms with Gasteiger partial charge in [-0.1, -0.05) is 13.8 Å². The summed E-state index contributed by atoms with van der Waals surface area (Å²) >= 11 is 0. The van der Waals surface area contributed by atoms with E-state index in [2.05, 4.69) is 34.7 Å². The average molecular weight is 281 g/mol. The zero-order chi connectivity index (χ0) is 14.5. The van der Waals surface area contributed by atoms with E-state index in [1.165, 1.54) is 0 Å². The van der Waals surface area contributed by atoms with E-state index in [0.717, 1.165) is 18.8 Å². The lowest BCUT2D eigenvalue weighted by atomic mass is 10.2. The Labute approximate surface area is 119 Å². The molecule has 112 valence electrons. The summed E-state index contributed by atoms with van der Waals surface area (Å²) in [6.07, 6.45) is 2.57. The highest BCUT2D eigenvalue weighted by Crippen LogP contribution is 2.10. The molecule has 2 N–H and O–H groups in total. The molecule has 1 aliphatic rings. The highest BCUT2D eigenvalue weighted by molar-refractivity contribution is 5.82. The van der Waals surface area contributed by atoms with E-state index < -0.39 is 0 Å². The van der Waals surface area contributed by atoms with Gasteiger partial charge in [-0.15, -0.1) is 10.2 Å². The Balaban J connectivity index is 1.76. The van der Waals surface area contributed by atoms with Gasteiger partial charge >= 0.3 is 0 Å². The molecule has 2 atom stereocenters. The first kappa shape index (κ1) is 14.9. The second kappa shape index (κ2) is 6.81. The van der Waals surface area contributed by atoms with Crippen LogP contribution in [0.1, 0.15) is 32.0 Å². The van der Waals surface area contributed by atoms with E-state index in [1.54, 1.807) is 13.4 Å². The van der Waals surface area contributed by atoms with Crippen molar-refractivity contribution in [3.8, 4) is 0 Å². The van der Waals surface area contributed by atoms with Crippen LogP contribution < -0.4 is 10.6 Å². The van der Waals surface area contributed by atoms with Gasteiger partial charge in [0.25, 0.3) is 0 Å². The average Bonchev–Trinajstić information content (AvgIpc) is 3.07. The van der Waals surface area contributed by atoms with Crippen LogP contribution in [-0.2, 0) is 16.1 Å². The zero-order valence-electron chi connectivity index (χ0n) is 12.3. The molecule has 1 fully saturated rings. The van der Waals surface area contributed by atoms with Crippen molar-refractivity contribution in [2.45, 2.75) is 44.9 Å². The van der Waals surface area contributed by atoms with Crippen molar-refractivity contribution in [1.82, 2.24) is 25.4 Å². The summed E-state index contributed by atoms with van der Waals surface area (Å²) in [4.78, 5) is 12.0. The normalized spacial score (nSPS) is 22.4. The first-order chi connectivity index (χ1) is 9.61. The monoisotopic (exact) mass is 281 g/mol. The van der Waals surface area contributed by atoms with Gasteiger partial charge in [-0.3, -0.25) is 4.79 Å². The van der Waals surface area contributed by atoms with Crippen molar-refractivity contribution in [3.05, 3.63) is 12.2 Å². The lowest BCUT2D eigenvalue weighted by molar-refractivity contribution is -0.123. The van der Waals surface area contributed by atoms with Crippen molar-refractivity contribution in [2.75, 3.05) is 20.2 Å². The molecule has 2 rings (SSSR count). The standard InChI is InChI=1S/C13H23N5O2/c1-9(2)12-17-16-8-18(12)5-4-14-13(19)11-6-10(20-3)7-15-11/h8-11,15H,4-7H2,1-3H3,(H,14,19)/t10-,11-/m1/s1. The first-order valence-electron chi connectivity index (χ1n) is 7.03. The number of aromatic nitrogens is 3. The van der Waals surface area contributed by atoms with Crippen LogP contribution in [0.25, 0.3) is 0 Å². The molecule has 0 unspecified atom stereocenters. The number of carbonyl (C=O) groups excluding carboxylic acids is 1. The second-order valence-corrected chi connectivity index (χ2v) is 5.38. The smallest absolute Gasteiger partial charge is 0.237 e. The number of amides is 1. The van der Waals surface area contributed by atoms with E-state index >= 15 is 0 Å². The van der Waals surface area contributed by atoms with Crippen molar-refractivity contribution in [2.24, 2.45) is 0 Å². The SMILES string of the molecule is CO[C@H]1CN[C@@H](C(=O)NCCn2cnnc2C(C)C)C1. The van der Waals surface area contributed by atoms with Gasteiger partial charge in [0.2, 0.25) is 5.91 Å². The van der Waals surface area contributed by atoms with Crippen molar-refractivity contribution in [1.29, 1.82) is 0 Å². The summed E-state index contributed by atoms with van der Waals surface area (Å²) in [5.41, 5.74) is 0. The molecule has 7 nitrogen and oxygen atoms in total. The van der Waals surface area contributed by atoms with Crippen LogP contribution in [0.5, 0.6) is 0 Å². The lowest BCUT2D eigenvalue weighted by Gasteiger charge is -2.13. The highest BCUT2D eigenvalue weighted by atomic mass is 16.5. The zero-order valence-corrected chi connectivity index (χ0v) is 12.3. The summed E-state index contributed by atoms with van der Waals surface area (Å²) in [5, 5.41) is 14.1. The molecule has 20 heavy (non-hydrogen) atoms. The van der Waals surface area contributed by atoms with Gasteiger partial charge in [-0.2, -0.15) is 0 Å². The van der Waals surface area contributed by atoms with E-state index in [0.29, 0.717) is 19.0 Å². The summed E-state index contributed by atoms with van der Waals surface area (Å²) in [6.45, 7) is 6.15. The molecule has 0 aromatic carbocycles. The van der Waals surface area contributed by atoms with Crippen LogP contribution >= 0.6 is 0 Å². The number of hydrogen-bond donors (Lipinski definition) is 2.